The molecule has 0 aliphatic carbocycles. The third-order valence-electron chi connectivity index (χ3n) is 1.46. The number of amides is 1. The monoisotopic (exact) mass is 151 g/mol. The fourth-order valence-electron chi connectivity index (χ4n) is 0.858. The van der Waals surface area contributed by atoms with Crippen LogP contribution in [-0.2, 0) is 9.59 Å². The summed E-state index contributed by atoms with van der Waals surface area (Å²) >= 11 is 0. The van der Waals surface area contributed by atoms with E-state index in [9.17, 15) is 9.59 Å². The lowest BCUT2D eigenvalue weighted by Gasteiger charge is -2.04. The van der Waals surface area contributed by atoms with Crippen molar-refractivity contribution in [2.45, 2.75) is 6.92 Å². The predicted molar refractivity (Wildman–Crippen MR) is 40.6 cm³/mol. The molecule has 1 heterocycles. The molecule has 0 saturated heterocycles. The van der Waals surface area contributed by atoms with Crippen LogP contribution in [0.5, 0.6) is 0 Å². The van der Waals surface area contributed by atoms with Gasteiger partial charge in [0.15, 0.2) is 0 Å². The summed E-state index contributed by atoms with van der Waals surface area (Å²) in [6.45, 7) is 1.40. The summed E-state index contributed by atoms with van der Waals surface area (Å²) in [4.78, 5) is 21.8. The first-order valence-electron chi connectivity index (χ1n) is 3.36. The minimum Gasteiger partial charge on any atom is -0.332 e. The van der Waals surface area contributed by atoms with Crippen LogP contribution < -0.4 is 5.32 Å². The van der Waals surface area contributed by atoms with Gasteiger partial charge in [-0.2, -0.15) is 0 Å². The standard InChI is InChI=1S/C8H9NO2/c1-6(10)7-4-2-3-5-9-8(7)11/h2-5,7H,1H3,(H,9,11). The Kier molecular flexibility index (Phi) is 2.21. The molecule has 0 radical (unpaired) electrons. The number of allylic oxidation sites excluding steroid dienone is 2. The zero-order chi connectivity index (χ0) is 8.27. The van der Waals surface area contributed by atoms with Gasteiger partial charge in [0.2, 0.25) is 5.91 Å². The molecular weight excluding hydrogens is 142 g/mol. The van der Waals surface area contributed by atoms with E-state index in [2.05, 4.69) is 5.32 Å². The molecule has 0 aromatic rings. The number of hydrogen-bond donors (Lipinski definition) is 1. The number of rotatable bonds is 1. The molecule has 0 aromatic carbocycles. The van der Waals surface area contributed by atoms with Crippen molar-refractivity contribution in [1.29, 1.82) is 0 Å². The summed E-state index contributed by atoms with van der Waals surface area (Å²) in [5, 5.41) is 2.47. The van der Waals surface area contributed by atoms with Crippen LogP contribution in [0.15, 0.2) is 24.4 Å². The first-order chi connectivity index (χ1) is 5.22. The molecule has 11 heavy (non-hydrogen) atoms. The van der Waals surface area contributed by atoms with Crippen molar-refractivity contribution < 1.29 is 9.59 Å². The second-order valence-electron chi connectivity index (χ2n) is 2.34. The summed E-state index contributed by atoms with van der Waals surface area (Å²) in [6.07, 6.45) is 6.47. The third kappa shape index (κ3) is 1.77. The summed E-state index contributed by atoms with van der Waals surface area (Å²) in [7, 11) is 0. The summed E-state index contributed by atoms with van der Waals surface area (Å²) in [5.41, 5.74) is 0. The molecule has 0 spiro atoms. The molecule has 1 aliphatic heterocycles. The number of nitrogens with one attached hydrogen (secondary N) is 1. The van der Waals surface area contributed by atoms with E-state index >= 15 is 0 Å². The maximum absolute atomic E-state index is 11.0. The van der Waals surface area contributed by atoms with Gasteiger partial charge >= 0.3 is 0 Å². The van der Waals surface area contributed by atoms with Gasteiger partial charge in [0.25, 0.3) is 0 Å². The molecule has 0 fully saturated rings. The van der Waals surface area contributed by atoms with Gasteiger partial charge in [-0.25, -0.2) is 0 Å². The van der Waals surface area contributed by atoms with Crippen LogP contribution in [-0.4, -0.2) is 11.7 Å². The maximum atomic E-state index is 11.0. The molecule has 1 aliphatic rings. The average Bonchev–Trinajstić information content (AvgIpc) is 2.13. The van der Waals surface area contributed by atoms with E-state index in [1.54, 1.807) is 18.2 Å². The molecule has 1 atom stereocenters. The summed E-state index contributed by atoms with van der Waals surface area (Å²) < 4.78 is 0. The van der Waals surface area contributed by atoms with Crippen molar-refractivity contribution in [2.75, 3.05) is 0 Å². The second kappa shape index (κ2) is 3.14. The molecule has 1 N–H and O–H groups in total. The molecule has 0 saturated carbocycles. The Morgan fingerprint density at radius 1 is 1.55 bits per heavy atom. The highest BCUT2D eigenvalue weighted by atomic mass is 16.2. The minimum atomic E-state index is -0.620. The lowest BCUT2D eigenvalue weighted by molar-refractivity contribution is -0.130. The van der Waals surface area contributed by atoms with Crippen molar-refractivity contribution in [3.05, 3.63) is 24.4 Å². The van der Waals surface area contributed by atoms with Gasteiger partial charge in [-0.15, -0.1) is 0 Å². The Bertz CT molecular complexity index is 240. The zero-order valence-corrected chi connectivity index (χ0v) is 6.20. The first kappa shape index (κ1) is 7.72. The number of carbonyl (C=O) groups excluding carboxylic acids is 2. The van der Waals surface area contributed by atoms with Crippen molar-refractivity contribution >= 4 is 11.7 Å². The smallest absolute Gasteiger partial charge is 0.238 e. The molecule has 1 amide bonds. The van der Waals surface area contributed by atoms with Crippen LogP contribution >= 0.6 is 0 Å². The van der Waals surface area contributed by atoms with E-state index < -0.39 is 5.92 Å². The van der Waals surface area contributed by atoms with Crippen LogP contribution in [0, 0.1) is 5.92 Å². The number of Topliss-reactive ketones (excluding diaryl/α,β-unsaturated/α-hetero) is 1. The van der Waals surface area contributed by atoms with Crippen molar-refractivity contribution in [2.24, 2.45) is 5.92 Å². The van der Waals surface area contributed by atoms with Gasteiger partial charge < -0.3 is 5.32 Å². The number of carbonyl (C=O) groups is 2. The lowest BCUT2D eigenvalue weighted by Crippen LogP contribution is -2.28. The Morgan fingerprint density at radius 2 is 2.27 bits per heavy atom. The molecule has 1 rings (SSSR count). The Morgan fingerprint density at radius 3 is 2.91 bits per heavy atom. The van der Waals surface area contributed by atoms with Crippen molar-refractivity contribution in [3.63, 3.8) is 0 Å². The third-order valence-corrected chi connectivity index (χ3v) is 1.46. The number of hydrogen-bond acceptors (Lipinski definition) is 2. The van der Waals surface area contributed by atoms with Crippen LogP contribution in [0.25, 0.3) is 0 Å². The first-order valence-corrected chi connectivity index (χ1v) is 3.36. The topological polar surface area (TPSA) is 46.2 Å². The van der Waals surface area contributed by atoms with Crippen molar-refractivity contribution in [3.8, 4) is 0 Å². The van der Waals surface area contributed by atoms with E-state index in [-0.39, 0.29) is 11.7 Å². The Balaban J connectivity index is 2.80. The Hall–Kier alpha value is -1.38. The zero-order valence-electron chi connectivity index (χ0n) is 6.20. The highest BCUT2D eigenvalue weighted by Crippen LogP contribution is 2.03. The van der Waals surface area contributed by atoms with Crippen LogP contribution in [0.3, 0.4) is 0 Å². The average molecular weight is 151 g/mol. The van der Waals surface area contributed by atoms with Crippen molar-refractivity contribution in [1.82, 2.24) is 5.32 Å². The van der Waals surface area contributed by atoms with Gasteiger partial charge in [0.1, 0.15) is 11.7 Å². The Labute approximate surface area is 64.8 Å². The van der Waals surface area contributed by atoms with Gasteiger partial charge in [0, 0.05) is 6.20 Å². The molecule has 3 heteroatoms. The van der Waals surface area contributed by atoms with Gasteiger partial charge in [0.05, 0.1) is 0 Å². The maximum Gasteiger partial charge on any atom is 0.238 e. The number of ketones is 1. The minimum absolute atomic E-state index is 0.137. The molecular formula is C8H9NO2. The van der Waals surface area contributed by atoms with Gasteiger partial charge in [-0.1, -0.05) is 12.2 Å². The molecule has 1 unspecified atom stereocenters. The van der Waals surface area contributed by atoms with E-state index in [0.29, 0.717) is 0 Å². The van der Waals surface area contributed by atoms with Crippen LogP contribution in [0.2, 0.25) is 0 Å². The van der Waals surface area contributed by atoms with E-state index in [1.807, 2.05) is 0 Å². The SMILES string of the molecule is CC(=O)C1C=CC=CNC1=O. The fourth-order valence-corrected chi connectivity index (χ4v) is 0.858. The molecule has 0 bridgehead atoms. The quantitative estimate of drug-likeness (QED) is 0.551. The normalized spacial score (nSPS) is 22.6. The summed E-state index contributed by atoms with van der Waals surface area (Å²) in [5.74, 6) is -1.02. The molecule has 0 aromatic heterocycles. The van der Waals surface area contributed by atoms with E-state index in [1.165, 1.54) is 13.1 Å². The molecule has 3 nitrogen and oxygen atoms in total. The highest BCUT2D eigenvalue weighted by Gasteiger charge is 2.19. The summed E-state index contributed by atoms with van der Waals surface area (Å²) in [6, 6.07) is 0. The lowest BCUT2D eigenvalue weighted by atomic mass is 10.0. The van der Waals surface area contributed by atoms with Gasteiger partial charge in [-0.05, 0) is 13.0 Å². The highest BCUT2D eigenvalue weighted by molar-refractivity contribution is 6.02. The van der Waals surface area contributed by atoms with Gasteiger partial charge in [-0.3, -0.25) is 9.59 Å². The second-order valence-corrected chi connectivity index (χ2v) is 2.34. The van der Waals surface area contributed by atoms with E-state index in [0.717, 1.165) is 0 Å². The largest absolute Gasteiger partial charge is 0.332 e. The van der Waals surface area contributed by atoms with E-state index in [4.69, 9.17) is 0 Å². The fraction of sp³-hybridized carbons (Fsp3) is 0.250. The molecule has 58 valence electrons. The predicted octanol–water partition coefficient (Wildman–Crippen LogP) is 0.391. The van der Waals surface area contributed by atoms with Crippen LogP contribution in [0.1, 0.15) is 6.92 Å². The van der Waals surface area contributed by atoms with Crippen LogP contribution in [0.4, 0.5) is 0 Å².